The highest BCUT2D eigenvalue weighted by molar-refractivity contribution is 5.73. The Bertz CT molecular complexity index is 238. The first-order valence-electron chi connectivity index (χ1n) is 3.93. The van der Waals surface area contributed by atoms with Gasteiger partial charge in [-0.2, -0.15) is 0 Å². The molecule has 0 aliphatic carbocycles. The first kappa shape index (κ1) is 11.3. The molecular weight excluding hydrogens is 196 g/mol. The molecular formula is C7H12O7. The molecule has 0 radical (unpaired) electrons. The van der Waals surface area contributed by atoms with Crippen molar-refractivity contribution in [1.82, 2.24) is 0 Å². The van der Waals surface area contributed by atoms with Crippen LogP contribution in [0, 0.1) is 0 Å². The largest absolute Gasteiger partial charge is 0.479 e. The predicted octanol–water partition coefficient (Wildman–Crippen LogP) is -2.74. The highest BCUT2D eigenvalue weighted by Gasteiger charge is 2.54. The van der Waals surface area contributed by atoms with E-state index in [0.29, 0.717) is 0 Å². The molecule has 5 N–H and O–H groups in total. The number of hydrogen-bond acceptors (Lipinski definition) is 6. The third-order valence-corrected chi connectivity index (χ3v) is 2.28. The van der Waals surface area contributed by atoms with Crippen LogP contribution < -0.4 is 0 Å². The van der Waals surface area contributed by atoms with E-state index >= 15 is 0 Å². The average molecular weight is 208 g/mol. The number of aliphatic hydroxyl groups excluding tert-OH is 3. The van der Waals surface area contributed by atoms with Gasteiger partial charge in [-0.25, -0.2) is 4.79 Å². The molecule has 7 nitrogen and oxygen atoms in total. The van der Waals surface area contributed by atoms with Gasteiger partial charge in [0, 0.05) is 0 Å². The van der Waals surface area contributed by atoms with Gasteiger partial charge in [-0.05, 0) is 6.92 Å². The Labute approximate surface area is 79.2 Å². The molecule has 7 heteroatoms. The summed E-state index contributed by atoms with van der Waals surface area (Å²) in [5.41, 5.74) is -2.12. The molecule has 0 saturated carbocycles. The Morgan fingerprint density at radius 2 is 1.79 bits per heavy atom. The lowest BCUT2D eigenvalue weighted by Gasteiger charge is -2.43. The van der Waals surface area contributed by atoms with Crippen molar-refractivity contribution >= 4 is 5.97 Å². The van der Waals surface area contributed by atoms with Gasteiger partial charge in [-0.1, -0.05) is 0 Å². The molecule has 0 bridgehead atoms. The van der Waals surface area contributed by atoms with Crippen LogP contribution in [0.5, 0.6) is 0 Å². The normalized spacial score (nSPS) is 48.9. The molecule has 82 valence electrons. The van der Waals surface area contributed by atoms with E-state index in [9.17, 15) is 20.1 Å². The van der Waals surface area contributed by atoms with Crippen LogP contribution in [0.1, 0.15) is 6.92 Å². The minimum absolute atomic E-state index is 1.02. The maximum atomic E-state index is 10.5. The summed E-state index contributed by atoms with van der Waals surface area (Å²) < 4.78 is 4.40. The first-order chi connectivity index (χ1) is 6.28. The molecule has 1 rings (SSSR count). The summed E-state index contributed by atoms with van der Waals surface area (Å²) in [5.74, 6) is -1.52. The molecule has 0 amide bonds. The molecule has 0 unspecified atom stereocenters. The standard InChI is InChI=1S/C7H12O7/c1-7(13)3(8)2(5(10)11)14-6(12)4(7)9/h2-4,6,8-9,12-13H,1H3,(H,10,11)/t2-,3+,4-,6+,7-/m0/s1. The zero-order valence-electron chi connectivity index (χ0n) is 7.36. The Morgan fingerprint density at radius 1 is 1.29 bits per heavy atom. The van der Waals surface area contributed by atoms with E-state index in [1.807, 2.05) is 0 Å². The van der Waals surface area contributed by atoms with Gasteiger partial charge in [0.15, 0.2) is 12.4 Å². The number of carboxylic acids is 1. The van der Waals surface area contributed by atoms with E-state index in [2.05, 4.69) is 4.74 Å². The summed E-state index contributed by atoms with van der Waals surface area (Å²) in [6.07, 6.45) is -7.16. The van der Waals surface area contributed by atoms with Gasteiger partial charge in [0.2, 0.25) is 0 Å². The lowest BCUT2D eigenvalue weighted by Crippen LogP contribution is -2.66. The summed E-state index contributed by atoms with van der Waals surface area (Å²) in [6, 6.07) is 0. The first-order valence-corrected chi connectivity index (χ1v) is 3.93. The van der Waals surface area contributed by atoms with Crippen molar-refractivity contribution in [2.75, 3.05) is 0 Å². The van der Waals surface area contributed by atoms with E-state index in [4.69, 9.17) is 10.2 Å². The molecule has 1 aliphatic heterocycles. The molecule has 1 aliphatic rings. The fraction of sp³-hybridized carbons (Fsp3) is 0.857. The van der Waals surface area contributed by atoms with E-state index in [0.717, 1.165) is 6.92 Å². The van der Waals surface area contributed by atoms with E-state index in [-0.39, 0.29) is 0 Å². The topological polar surface area (TPSA) is 127 Å². The van der Waals surface area contributed by atoms with E-state index in [1.54, 1.807) is 0 Å². The van der Waals surface area contributed by atoms with E-state index in [1.165, 1.54) is 0 Å². The molecule has 1 fully saturated rings. The van der Waals surface area contributed by atoms with Crippen molar-refractivity contribution in [3.05, 3.63) is 0 Å². The van der Waals surface area contributed by atoms with Gasteiger partial charge in [-0.3, -0.25) is 0 Å². The highest BCUT2D eigenvalue weighted by atomic mass is 16.6. The van der Waals surface area contributed by atoms with Crippen LogP contribution in [0.15, 0.2) is 0 Å². The van der Waals surface area contributed by atoms with Crippen molar-refractivity contribution in [3.63, 3.8) is 0 Å². The van der Waals surface area contributed by atoms with Crippen molar-refractivity contribution in [1.29, 1.82) is 0 Å². The maximum Gasteiger partial charge on any atom is 0.335 e. The Hall–Kier alpha value is -0.730. The number of ether oxygens (including phenoxy) is 1. The van der Waals surface area contributed by atoms with Crippen LogP contribution in [0.2, 0.25) is 0 Å². The van der Waals surface area contributed by atoms with Crippen LogP contribution in [0.25, 0.3) is 0 Å². The lowest BCUT2D eigenvalue weighted by molar-refractivity contribution is -0.309. The summed E-state index contributed by atoms with van der Waals surface area (Å²) in [4.78, 5) is 10.5. The molecule has 5 atom stereocenters. The van der Waals surface area contributed by atoms with E-state index < -0.39 is 36.2 Å². The molecule has 0 aromatic carbocycles. The van der Waals surface area contributed by atoms with Gasteiger partial charge in [0.05, 0.1) is 0 Å². The molecule has 0 aromatic rings. The van der Waals surface area contributed by atoms with Crippen LogP contribution in [0.4, 0.5) is 0 Å². The molecule has 1 heterocycles. The summed E-state index contributed by atoms with van der Waals surface area (Å²) in [6.45, 7) is 1.02. The molecule has 0 spiro atoms. The number of carbonyl (C=O) groups is 1. The number of hydrogen-bond donors (Lipinski definition) is 5. The van der Waals surface area contributed by atoms with Gasteiger partial charge in [0.1, 0.15) is 17.8 Å². The zero-order valence-corrected chi connectivity index (χ0v) is 7.36. The highest BCUT2D eigenvalue weighted by Crippen LogP contribution is 2.28. The SMILES string of the molecule is C[C@]1(O)[C@H](O)[C@@H](C(=O)O)O[C@@H](O)[C@@H]1O. The Kier molecular flexibility index (Phi) is 2.79. The second-order valence-electron chi connectivity index (χ2n) is 3.40. The van der Waals surface area contributed by atoms with Crippen LogP contribution in [-0.2, 0) is 9.53 Å². The van der Waals surface area contributed by atoms with Gasteiger partial charge in [0.25, 0.3) is 0 Å². The lowest BCUT2D eigenvalue weighted by atomic mass is 9.86. The van der Waals surface area contributed by atoms with Crippen LogP contribution in [0.3, 0.4) is 0 Å². The number of rotatable bonds is 1. The van der Waals surface area contributed by atoms with Crippen molar-refractivity contribution in [3.8, 4) is 0 Å². The molecule has 14 heavy (non-hydrogen) atoms. The molecule has 1 saturated heterocycles. The smallest absolute Gasteiger partial charge is 0.335 e. The number of carboxylic acid groups (broad SMARTS) is 1. The second kappa shape index (κ2) is 3.44. The van der Waals surface area contributed by atoms with Crippen molar-refractivity contribution in [2.24, 2.45) is 0 Å². The predicted molar refractivity (Wildman–Crippen MR) is 41.2 cm³/mol. The van der Waals surface area contributed by atoms with Crippen molar-refractivity contribution in [2.45, 2.75) is 37.1 Å². The number of aliphatic hydroxyl groups is 4. The summed E-state index contributed by atoms with van der Waals surface area (Å²) in [7, 11) is 0. The fourth-order valence-electron chi connectivity index (χ4n) is 1.26. The average Bonchev–Trinajstić information content (AvgIpc) is 2.08. The Balaban J connectivity index is 2.93. The molecule has 0 aromatic heterocycles. The van der Waals surface area contributed by atoms with Gasteiger partial charge in [-0.15, -0.1) is 0 Å². The zero-order chi connectivity index (χ0) is 11.1. The minimum Gasteiger partial charge on any atom is -0.479 e. The fourth-order valence-corrected chi connectivity index (χ4v) is 1.26. The minimum atomic E-state index is -2.12. The third kappa shape index (κ3) is 1.60. The van der Waals surface area contributed by atoms with Crippen LogP contribution in [-0.4, -0.2) is 61.7 Å². The number of aliphatic carboxylic acids is 1. The van der Waals surface area contributed by atoms with Crippen LogP contribution >= 0.6 is 0 Å². The quantitative estimate of drug-likeness (QED) is 0.316. The summed E-state index contributed by atoms with van der Waals surface area (Å²) in [5, 5.41) is 45.6. The second-order valence-corrected chi connectivity index (χ2v) is 3.40. The van der Waals surface area contributed by atoms with Crippen molar-refractivity contribution < 1.29 is 35.1 Å². The van der Waals surface area contributed by atoms with Gasteiger partial charge < -0.3 is 30.3 Å². The maximum absolute atomic E-state index is 10.5. The Morgan fingerprint density at radius 3 is 2.21 bits per heavy atom. The summed E-state index contributed by atoms with van der Waals surface area (Å²) >= 11 is 0. The monoisotopic (exact) mass is 208 g/mol. The van der Waals surface area contributed by atoms with Gasteiger partial charge >= 0.3 is 5.97 Å². The third-order valence-electron chi connectivity index (χ3n) is 2.28.